The van der Waals surface area contributed by atoms with Gasteiger partial charge in [-0.15, -0.1) is 0 Å². The molecule has 0 saturated carbocycles. The van der Waals surface area contributed by atoms with Gasteiger partial charge in [0.15, 0.2) is 6.10 Å². The predicted molar refractivity (Wildman–Crippen MR) is 158 cm³/mol. The van der Waals surface area contributed by atoms with E-state index in [1.807, 2.05) is 32.6 Å². The lowest BCUT2D eigenvalue weighted by Crippen LogP contribution is -2.37. The number of carbonyl (C=O) groups excluding carboxylic acids is 1. The second kappa shape index (κ2) is 10.7. The van der Waals surface area contributed by atoms with Gasteiger partial charge in [-0.3, -0.25) is 0 Å². The van der Waals surface area contributed by atoms with E-state index in [-0.39, 0.29) is 5.76 Å². The summed E-state index contributed by atoms with van der Waals surface area (Å²) in [5.41, 5.74) is 7.05. The van der Waals surface area contributed by atoms with Gasteiger partial charge in [0.25, 0.3) is 0 Å². The summed E-state index contributed by atoms with van der Waals surface area (Å²) in [7, 11) is 1.38. The van der Waals surface area contributed by atoms with E-state index >= 15 is 0 Å². The van der Waals surface area contributed by atoms with Gasteiger partial charge >= 0.3 is 5.97 Å². The first-order valence-electron chi connectivity index (χ1n) is 13.0. The zero-order valence-electron chi connectivity index (χ0n) is 24.1. The molecule has 2 heterocycles. The van der Waals surface area contributed by atoms with Crippen molar-refractivity contribution in [3.8, 4) is 11.1 Å². The van der Waals surface area contributed by atoms with Crippen molar-refractivity contribution in [3.63, 3.8) is 0 Å². The Morgan fingerprint density at radius 1 is 1.15 bits per heavy atom. The third kappa shape index (κ3) is 5.34. The standard InChI is InChI=1S/C31H38N4O4/c1-18-10-12-22(13-11-18)25-23-16-19(2)34-14-15-35(30(32-8)33-17-20(3)36)26(27(23)34)21(4)24(25)28(29(37)38-9)39-31(5,6)7/h10-13,16-17,28,36H,8,14-15H2,1-7,9H3/b20-17+,33-30?/t28-/m0/s1. The Kier molecular flexibility index (Phi) is 7.70. The van der Waals surface area contributed by atoms with E-state index < -0.39 is 17.7 Å². The Bertz CT molecular complexity index is 1490. The molecule has 0 amide bonds. The number of hydrogen-bond donors (Lipinski definition) is 1. The Balaban J connectivity index is 2.17. The third-order valence-corrected chi connectivity index (χ3v) is 6.88. The van der Waals surface area contributed by atoms with Gasteiger partial charge in [-0.1, -0.05) is 29.8 Å². The van der Waals surface area contributed by atoms with Gasteiger partial charge in [0, 0.05) is 29.7 Å². The zero-order chi connectivity index (χ0) is 28.6. The number of anilines is 1. The molecule has 8 heteroatoms. The molecule has 0 aliphatic carbocycles. The summed E-state index contributed by atoms with van der Waals surface area (Å²) in [6.07, 6.45) is 0.382. The molecule has 0 spiro atoms. The van der Waals surface area contributed by atoms with Gasteiger partial charge in [-0.25, -0.2) is 14.8 Å². The Morgan fingerprint density at radius 2 is 1.82 bits per heavy atom. The molecule has 0 unspecified atom stereocenters. The summed E-state index contributed by atoms with van der Waals surface area (Å²) >= 11 is 0. The van der Waals surface area contributed by atoms with Crippen LogP contribution in [-0.2, 0) is 20.8 Å². The molecule has 0 bridgehead atoms. The number of hydrogen-bond acceptors (Lipinski definition) is 5. The van der Waals surface area contributed by atoms with E-state index in [0.717, 1.165) is 50.1 Å². The molecule has 4 rings (SSSR count). The lowest BCUT2D eigenvalue weighted by atomic mass is 9.87. The maximum absolute atomic E-state index is 13.4. The first-order valence-corrected chi connectivity index (χ1v) is 13.0. The van der Waals surface area contributed by atoms with Crippen molar-refractivity contribution in [2.45, 2.75) is 66.7 Å². The number of ether oxygens (including phenoxy) is 2. The summed E-state index contributed by atoms with van der Waals surface area (Å²) in [4.78, 5) is 24.0. The van der Waals surface area contributed by atoms with Gasteiger partial charge in [0.2, 0.25) is 5.96 Å². The van der Waals surface area contributed by atoms with E-state index in [4.69, 9.17) is 9.47 Å². The molecule has 1 aromatic heterocycles. The largest absolute Gasteiger partial charge is 0.511 e. The van der Waals surface area contributed by atoms with Crippen molar-refractivity contribution in [1.29, 1.82) is 0 Å². The summed E-state index contributed by atoms with van der Waals surface area (Å²) in [6.45, 7) is 18.5. The van der Waals surface area contributed by atoms with Crippen LogP contribution in [0.25, 0.3) is 22.0 Å². The van der Waals surface area contributed by atoms with Crippen molar-refractivity contribution in [2.75, 3.05) is 18.6 Å². The molecular weight excluding hydrogens is 492 g/mol. The van der Waals surface area contributed by atoms with Crippen LogP contribution in [0.5, 0.6) is 0 Å². The fraction of sp³-hybridized carbons (Fsp3) is 0.387. The number of benzene rings is 2. The zero-order valence-corrected chi connectivity index (χ0v) is 24.1. The van der Waals surface area contributed by atoms with Crippen LogP contribution in [0.1, 0.15) is 56.2 Å². The van der Waals surface area contributed by atoms with Crippen LogP contribution in [0.2, 0.25) is 0 Å². The molecular formula is C31H38N4O4. The minimum atomic E-state index is -0.976. The average Bonchev–Trinajstić information content (AvgIpc) is 3.21. The molecule has 39 heavy (non-hydrogen) atoms. The fourth-order valence-corrected chi connectivity index (χ4v) is 5.28. The highest BCUT2D eigenvalue weighted by molar-refractivity contribution is 6.13. The molecule has 0 saturated heterocycles. The van der Waals surface area contributed by atoms with Crippen LogP contribution < -0.4 is 4.90 Å². The van der Waals surface area contributed by atoms with Crippen molar-refractivity contribution < 1.29 is 19.4 Å². The van der Waals surface area contributed by atoms with Gasteiger partial charge in [0.05, 0.1) is 30.1 Å². The third-order valence-electron chi connectivity index (χ3n) is 6.88. The Hall–Kier alpha value is -3.91. The molecule has 2 aromatic carbocycles. The van der Waals surface area contributed by atoms with Crippen LogP contribution in [0.3, 0.4) is 0 Å². The number of nitrogens with zero attached hydrogens (tertiary/aromatic N) is 4. The summed E-state index contributed by atoms with van der Waals surface area (Å²) < 4.78 is 14.0. The maximum Gasteiger partial charge on any atom is 0.339 e. The topological polar surface area (TPSA) is 88.7 Å². The average molecular weight is 531 g/mol. The number of aryl methyl sites for hydroxylation is 2. The number of aliphatic imine (C=N–C) groups is 2. The number of allylic oxidation sites excluding steroid dienone is 1. The highest BCUT2D eigenvalue weighted by atomic mass is 16.6. The van der Waals surface area contributed by atoms with Crippen LogP contribution in [-0.4, -0.2) is 47.6 Å². The molecule has 1 aliphatic heterocycles. The van der Waals surface area contributed by atoms with Crippen molar-refractivity contribution in [1.82, 2.24) is 4.57 Å². The molecule has 206 valence electrons. The number of aliphatic hydroxyl groups is 1. The van der Waals surface area contributed by atoms with E-state index in [0.29, 0.717) is 19.0 Å². The van der Waals surface area contributed by atoms with E-state index in [9.17, 15) is 9.90 Å². The number of carbonyl (C=O) groups is 1. The highest BCUT2D eigenvalue weighted by Gasteiger charge is 2.37. The maximum atomic E-state index is 13.4. The van der Waals surface area contributed by atoms with Gasteiger partial charge in [-0.2, -0.15) is 0 Å². The van der Waals surface area contributed by atoms with Crippen molar-refractivity contribution in [2.24, 2.45) is 9.98 Å². The number of rotatable bonds is 5. The van der Waals surface area contributed by atoms with Gasteiger partial charge in [0.1, 0.15) is 5.76 Å². The van der Waals surface area contributed by atoms with Crippen LogP contribution in [0.15, 0.2) is 52.3 Å². The molecule has 0 radical (unpaired) electrons. The van der Waals surface area contributed by atoms with E-state index in [1.165, 1.54) is 13.3 Å². The highest BCUT2D eigenvalue weighted by Crippen LogP contribution is 2.48. The minimum Gasteiger partial charge on any atom is -0.511 e. The number of esters is 1. The number of guanidine groups is 1. The second-order valence-electron chi connectivity index (χ2n) is 11.0. The van der Waals surface area contributed by atoms with Gasteiger partial charge in [-0.05, 0) is 77.9 Å². The second-order valence-corrected chi connectivity index (χ2v) is 11.0. The first kappa shape index (κ1) is 28.1. The van der Waals surface area contributed by atoms with Gasteiger partial charge < -0.3 is 24.0 Å². The van der Waals surface area contributed by atoms with E-state index in [2.05, 4.69) is 65.4 Å². The quantitative estimate of drug-likeness (QED) is 0.175. The summed E-state index contributed by atoms with van der Waals surface area (Å²) in [5.74, 6) is -0.0479. The molecule has 8 nitrogen and oxygen atoms in total. The smallest absolute Gasteiger partial charge is 0.339 e. The summed E-state index contributed by atoms with van der Waals surface area (Å²) in [5, 5.41) is 10.8. The summed E-state index contributed by atoms with van der Waals surface area (Å²) in [6, 6.07) is 10.5. The van der Waals surface area contributed by atoms with E-state index in [1.54, 1.807) is 6.92 Å². The number of aliphatic hydroxyl groups excluding tert-OH is 1. The Morgan fingerprint density at radius 3 is 2.38 bits per heavy atom. The lowest BCUT2D eigenvalue weighted by Gasteiger charge is -2.35. The number of methoxy groups -OCH3 is 1. The molecule has 1 N–H and O–H groups in total. The molecule has 3 aromatic rings. The van der Waals surface area contributed by atoms with Crippen LogP contribution in [0, 0.1) is 20.8 Å². The monoisotopic (exact) mass is 530 g/mol. The van der Waals surface area contributed by atoms with Crippen LogP contribution >= 0.6 is 0 Å². The molecule has 0 fully saturated rings. The normalized spacial score (nSPS) is 15.0. The fourth-order valence-electron chi connectivity index (χ4n) is 5.28. The number of aromatic nitrogens is 1. The predicted octanol–water partition coefficient (Wildman–Crippen LogP) is 6.56. The van der Waals surface area contributed by atoms with Crippen LogP contribution in [0.4, 0.5) is 5.69 Å². The first-order chi connectivity index (χ1) is 18.4. The minimum absolute atomic E-state index is 0.0639. The Labute approximate surface area is 230 Å². The molecule has 1 atom stereocenters. The lowest BCUT2D eigenvalue weighted by molar-refractivity contribution is -0.164. The van der Waals surface area contributed by atoms with Crippen molar-refractivity contribution in [3.05, 3.63) is 64.7 Å². The van der Waals surface area contributed by atoms with Crippen molar-refractivity contribution >= 4 is 35.2 Å². The molecule has 1 aliphatic rings. The SMILES string of the molecule is C=NC(=N/C=C(\C)O)N1CCn2c(C)cc3c(-c4ccc(C)cc4)c([C@H](OC(C)(C)C)C(=O)OC)c(C)c1c32.